The molecule has 0 bridgehead atoms. The Hall–Kier alpha value is -3.49. The van der Waals surface area contributed by atoms with Crippen LogP contribution in [0.15, 0.2) is 99.1 Å². The van der Waals surface area contributed by atoms with Crippen LogP contribution in [-0.4, -0.2) is 31.0 Å². The molecule has 0 saturated heterocycles. The smallest absolute Gasteiger partial charge is 0.234 e. The molecule has 1 heterocycles. The number of hydrogen-bond donors (Lipinski definition) is 2. The van der Waals surface area contributed by atoms with Crippen LogP contribution in [0, 0.1) is 0 Å². The summed E-state index contributed by atoms with van der Waals surface area (Å²) in [4.78, 5) is 17.8. The second-order valence-electron chi connectivity index (χ2n) is 9.28. The van der Waals surface area contributed by atoms with E-state index in [0.29, 0.717) is 0 Å². The van der Waals surface area contributed by atoms with Gasteiger partial charge in [0, 0.05) is 15.9 Å². The van der Waals surface area contributed by atoms with Gasteiger partial charge in [0.15, 0.2) is 5.17 Å². The minimum atomic E-state index is -0.123. The predicted molar refractivity (Wildman–Crippen MR) is 163 cm³/mol. The number of halogens is 1. The fourth-order valence-corrected chi connectivity index (χ4v) is 5.87. The van der Waals surface area contributed by atoms with Crippen molar-refractivity contribution in [3.63, 3.8) is 0 Å². The number of carbonyl (C=O) groups is 1. The second-order valence-corrected chi connectivity index (χ2v) is 11.2. The molecule has 5 rings (SSSR count). The van der Waals surface area contributed by atoms with Crippen molar-refractivity contribution in [2.45, 2.75) is 25.3 Å². The fourth-order valence-electron chi connectivity index (χ4n) is 4.77. The summed E-state index contributed by atoms with van der Waals surface area (Å²) in [5.41, 5.74) is 6.61. The highest BCUT2D eigenvalue weighted by Crippen LogP contribution is 2.42. The molecule has 0 fully saturated rings. The third-order valence-electron chi connectivity index (χ3n) is 6.68. The number of anilines is 1. The third kappa shape index (κ3) is 6.75. The number of amides is 1. The Bertz CT molecular complexity index is 1430. The van der Waals surface area contributed by atoms with E-state index in [9.17, 15) is 4.79 Å². The van der Waals surface area contributed by atoms with E-state index in [1.54, 1.807) is 14.2 Å². The van der Waals surface area contributed by atoms with E-state index in [-0.39, 0.29) is 17.7 Å². The Kier molecular flexibility index (Phi) is 8.74. The van der Waals surface area contributed by atoms with Gasteiger partial charge in [-0.1, -0.05) is 58.0 Å². The highest BCUT2D eigenvalue weighted by Gasteiger charge is 2.30. The summed E-state index contributed by atoms with van der Waals surface area (Å²) in [5, 5.41) is 7.29. The molecular formula is C31H30BrN3O3S. The first-order valence-electron chi connectivity index (χ1n) is 12.8. The van der Waals surface area contributed by atoms with Crippen molar-refractivity contribution in [2.24, 2.45) is 4.99 Å². The number of aliphatic imine (C=N–C) groups is 1. The molecule has 1 amide bonds. The summed E-state index contributed by atoms with van der Waals surface area (Å²) in [5.74, 6) is 1.81. The molecule has 1 atom stereocenters. The highest BCUT2D eigenvalue weighted by atomic mass is 79.9. The zero-order valence-corrected chi connectivity index (χ0v) is 24.3. The maximum Gasteiger partial charge on any atom is 0.234 e. The van der Waals surface area contributed by atoms with E-state index in [1.807, 2.05) is 48.5 Å². The molecule has 8 heteroatoms. The van der Waals surface area contributed by atoms with Gasteiger partial charge in [0.05, 0.1) is 20.0 Å². The zero-order chi connectivity index (χ0) is 27.2. The van der Waals surface area contributed by atoms with Gasteiger partial charge >= 0.3 is 0 Å². The lowest BCUT2D eigenvalue weighted by Gasteiger charge is -2.33. The molecule has 1 aliphatic heterocycles. The predicted octanol–water partition coefficient (Wildman–Crippen LogP) is 7.36. The van der Waals surface area contributed by atoms with Gasteiger partial charge in [-0.05, 0) is 90.1 Å². The summed E-state index contributed by atoms with van der Waals surface area (Å²) in [6.07, 6.45) is 5.22. The Morgan fingerprint density at radius 1 is 1.05 bits per heavy atom. The molecule has 200 valence electrons. The standard InChI is InChI=1S/C31H30BrN3O3S/c1-37-25-13-9-20(10-14-25)17-22-5-3-8-27-29(21-11-15-26(38-2)16-12-21)34-31(35-30(22)27)39-19-28(36)33-24-7-4-6-23(32)18-24/h4,6-7,9-18,29H,3,5,8,19H2,1-2H3,(H,33,36)(H,34,35)/b22-17-/t29-/m0/s1. The molecule has 3 aromatic carbocycles. The van der Waals surface area contributed by atoms with Crippen LogP contribution in [0.4, 0.5) is 5.69 Å². The van der Waals surface area contributed by atoms with Gasteiger partial charge in [-0.3, -0.25) is 4.79 Å². The van der Waals surface area contributed by atoms with E-state index in [4.69, 9.17) is 14.5 Å². The van der Waals surface area contributed by atoms with Crippen molar-refractivity contribution >= 4 is 50.5 Å². The van der Waals surface area contributed by atoms with Gasteiger partial charge in [-0.15, -0.1) is 0 Å². The van der Waals surface area contributed by atoms with Gasteiger partial charge in [-0.2, -0.15) is 0 Å². The number of ether oxygens (including phenoxy) is 2. The average Bonchev–Trinajstić information content (AvgIpc) is 2.96. The van der Waals surface area contributed by atoms with Crippen LogP contribution in [0.2, 0.25) is 0 Å². The SMILES string of the molecule is COc1ccc(/C=C2/CCCC3=C2NC(SCC(=O)Nc2cccc(Br)c2)=N[C@H]3c2ccc(OC)cc2)cc1. The van der Waals surface area contributed by atoms with Crippen LogP contribution >= 0.6 is 27.7 Å². The van der Waals surface area contributed by atoms with Gasteiger partial charge in [-0.25, -0.2) is 4.99 Å². The van der Waals surface area contributed by atoms with Crippen LogP contribution in [0.25, 0.3) is 6.08 Å². The van der Waals surface area contributed by atoms with Crippen molar-refractivity contribution < 1.29 is 14.3 Å². The lowest BCUT2D eigenvalue weighted by molar-refractivity contribution is -0.113. The molecule has 0 spiro atoms. The molecule has 39 heavy (non-hydrogen) atoms. The summed E-state index contributed by atoms with van der Waals surface area (Å²) >= 11 is 4.87. The number of hydrogen-bond acceptors (Lipinski definition) is 6. The lowest BCUT2D eigenvalue weighted by Crippen LogP contribution is -2.32. The summed E-state index contributed by atoms with van der Waals surface area (Å²) < 4.78 is 11.6. The highest BCUT2D eigenvalue weighted by molar-refractivity contribution is 9.10. The number of benzene rings is 3. The molecule has 6 nitrogen and oxygen atoms in total. The van der Waals surface area contributed by atoms with E-state index in [1.165, 1.54) is 22.9 Å². The number of thioether (sulfide) groups is 1. The number of methoxy groups -OCH3 is 2. The summed E-state index contributed by atoms with van der Waals surface area (Å²) in [6, 6.07) is 23.7. The minimum absolute atomic E-state index is 0.0824. The molecule has 0 aromatic heterocycles. The van der Waals surface area contributed by atoms with Crippen LogP contribution in [0.1, 0.15) is 36.4 Å². The zero-order valence-electron chi connectivity index (χ0n) is 21.9. The van der Waals surface area contributed by atoms with Crippen LogP contribution in [0.5, 0.6) is 11.5 Å². The van der Waals surface area contributed by atoms with E-state index < -0.39 is 0 Å². The fraction of sp³-hybridized carbons (Fsp3) is 0.226. The van der Waals surface area contributed by atoms with Gasteiger partial charge in [0.25, 0.3) is 0 Å². The third-order valence-corrected chi connectivity index (χ3v) is 8.06. The first kappa shape index (κ1) is 27.1. The first-order valence-corrected chi connectivity index (χ1v) is 14.6. The van der Waals surface area contributed by atoms with Crippen molar-refractivity contribution in [3.8, 4) is 11.5 Å². The number of allylic oxidation sites excluding steroid dienone is 1. The average molecular weight is 605 g/mol. The number of nitrogens with zero attached hydrogens (tertiary/aromatic N) is 1. The number of amidine groups is 1. The first-order chi connectivity index (χ1) is 19.0. The normalized spacial score (nSPS) is 17.7. The van der Waals surface area contributed by atoms with Gasteiger partial charge in [0.1, 0.15) is 17.5 Å². The van der Waals surface area contributed by atoms with Crippen molar-refractivity contribution in [1.29, 1.82) is 0 Å². The number of carbonyl (C=O) groups excluding carboxylic acids is 1. The Balaban J connectivity index is 1.41. The van der Waals surface area contributed by atoms with Crippen LogP contribution in [-0.2, 0) is 4.79 Å². The minimum Gasteiger partial charge on any atom is -0.497 e. The molecule has 1 aliphatic carbocycles. The molecule has 2 N–H and O–H groups in total. The van der Waals surface area contributed by atoms with Crippen molar-refractivity contribution in [1.82, 2.24) is 5.32 Å². The molecule has 2 aliphatic rings. The topological polar surface area (TPSA) is 72.0 Å². The van der Waals surface area contributed by atoms with Gasteiger partial charge < -0.3 is 20.1 Å². The maximum atomic E-state index is 12.8. The van der Waals surface area contributed by atoms with Crippen molar-refractivity contribution in [2.75, 3.05) is 25.3 Å². The Morgan fingerprint density at radius 2 is 1.77 bits per heavy atom. The molecular weight excluding hydrogens is 574 g/mol. The molecule has 3 aromatic rings. The lowest BCUT2D eigenvalue weighted by atomic mass is 9.84. The van der Waals surface area contributed by atoms with Crippen LogP contribution < -0.4 is 20.1 Å². The van der Waals surface area contributed by atoms with E-state index in [0.717, 1.165) is 62.9 Å². The largest absolute Gasteiger partial charge is 0.497 e. The second kappa shape index (κ2) is 12.6. The summed E-state index contributed by atoms with van der Waals surface area (Å²) in [6.45, 7) is 0. The Morgan fingerprint density at radius 3 is 2.46 bits per heavy atom. The van der Waals surface area contributed by atoms with Crippen LogP contribution in [0.3, 0.4) is 0 Å². The maximum absolute atomic E-state index is 12.8. The summed E-state index contributed by atoms with van der Waals surface area (Å²) in [7, 11) is 3.35. The quantitative estimate of drug-likeness (QED) is 0.295. The number of rotatable bonds is 7. The van der Waals surface area contributed by atoms with E-state index in [2.05, 4.69) is 56.9 Å². The molecule has 0 unspecified atom stereocenters. The molecule has 0 radical (unpaired) electrons. The number of nitrogens with one attached hydrogen (secondary N) is 2. The van der Waals surface area contributed by atoms with Gasteiger partial charge in [0.2, 0.25) is 5.91 Å². The Labute approximate surface area is 241 Å². The molecule has 0 saturated carbocycles. The monoisotopic (exact) mass is 603 g/mol. The van der Waals surface area contributed by atoms with Crippen molar-refractivity contribution in [3.05, 3.63) is 105 Å². The van der Waals surface area contributed by atoms with E-state index >= 15 is 0 Å².